The molecule has 0 unspecified atom stereocenters. The first-order chi connectivity index (χ1) is 11.1. The lowest BCUT2D eigenvalue weighted by atomic mass is 10.3. The molecule has 0 radical (unpaired) electrons. The van der Waals surface area contributed by atoms with Gasteiger partial charge in [-0.2, -0.15) is 0 Å². The lowest BCUT2D eigenvalue weighted by Gasteiger charge is -2.08. The zero-order valence-corrected chi connectivity index (χ0v) is 14.5. The first-order valence-electron chi connectivity index (χ1n) is 6.49. The number of carbonyl (C=O) groups is 1. The van der Waals surface area contributed by atoms with Gasteiger partial charge < -0.3 is 5.32 Å². The molecule has 2 rings (SSSR count). The van der Waals surface area contributed by atoms with E-state index in [-0.39, 0.29) is 15.5 Å². The molecule has 0 saturated heterocycles. The fourth-order valence-corrected chi connectivity index (χ4v) is 3.67. The van der Waals surface area contributed by atoms with Gasteiger partial charge in [-0.15, -0.1) is 0 Å². The van der Waals surface area contributed by atoms with Gasteiger partial charge in [-0.1, -0.05) is 17.7 Å². The monoisotopic (exact) mass is 388 g/mol. The molecule has 0 atom stereocenters. The number of nitrogens with one attached hydrogen (secondary N) is 1. The Morgan fingerprint density at radius 2 is 1.62 bits per heavy atom. The van der Waals surface area contributed by atoms with Crippen LogP contribution in [0.25, 0.3) is 0 Å². The van der Waals surface area contributed by atoms with Crippen molar-refractivity contribution >= 4 is 43.1 Å². The third-order valence-electron chi connectivity index (χ3n) is 2.94. The largest absolute Gasteiger partial charge is 0.325 e. The second kappa shape index (κ2) is 6.89. The van der Waals surface area contributed by atoms with E-state index < -0.39 is 31.5 Å². The predicted octanol–water partition coefficient (Wildman–Crippen LogP) is 1.40. The maximum Gasteiger partial charge on any atom is 0.239 e. The summed E-state index contributed by atoms with van der Waals surface area (Å²) in [6, 6.07) is 10.6. The molecule has 2 aromatic rings. The number of carbonyl (C=O) groups excluding carboxylic acids is 1. The van der Waals surface area contributed by atoms with E-state index in [1.54, 1.807) is 0 Å². The standard InChI is InChI=1S/C14H13ClN2O5S2/c15-10-4-6-12(7-5-10)23(19,20)9-14(18)17-11-2-1-3-13(8-11)24(16,21)22/h1-8H,9H2,(H,17,18)(H2,16,21,22). The minimum atomic E-state index is -3.93. The van der Waals surface area contributed by atoms with E-state index >= 15 is 0 Å². The van der Waals surface area contributed by atoms with Crippen molar-refractivity contribution in [3.8, 4) is 0 Å². The fraction of sp³-hybridized carbons (Fsp3) is 0.0714. The number of halogens is 1. The van der Waals surface area contributed by atoms with Crippen molar-refractivity contribution in [2.75, 3.05) is 11.1 Å². The molecule has 7 nitrogen and oxygen atoms in total. The average molecular weight is 389 g/mol. The summed E-state index contributed by atoms with van der Waals surface area (Å²) in [4.78, 5) is 11.7. The van der Waals surface area contributed by atoms with Gasteiger partial charge in [0.05, 0.1) is 9.79 Å². The number of sulfonamides is 1. The summed E-state index contributed by atoms with van der Waals surface area (Å²) in [7, 11) is -7.77. The fourth-order valence-electron chi connectivity index (χ4n) is 1.85. The van der Waals surface area contributed by atoms with Crippen molar-refractivity contribution in [2.45, 2.75) is 9.79 Å². The molecule has 0 fully saturated rings. The highest BCUT2D eigenvalue weighted by Gasteiger charge is 2.19. The van der Waals surface area contributed by atoms with E-state index in [4.69, 9.17) is 16.7 Å². The van der Waals surface area contributed by atoms with Gasteiger partial charge in [-0.25, -0.2) is 22.0 Å². The summed E-state index contributed by atoms with van der Waals surface area (Å²) in [5.74, 6) is -1.61. The third-order valence-corrected chi connectivity index (χ3v) is 5.74. The van der Waals surface area contributed by atoms with Gasteiger partial charge in [0.2, 0.25) is 15.9 Å². The third kappa shape index (κ3) is 4.78. The molecule has 0 saturated carbocycles. The molecule has 10 heteroatoms. The Morgan fingerprint density at radius 3 is 2.21 bits per heavy atom. The summed E-state index contributed by atoms with van der Waals surface area (Å²) in [5, 5.41) is 7.70. The van der Waals surface area contributed by atoms with Gasteiger partial charge in [0, 0.05) is 10.7 Å². The molecule has 3 N–H and O–H groups in total. The quantitative estimate of drug-likeness (QED) is 0.801. The van der Waals surface area contributed by atoms with Gasteiger partial charge in [0.1, 0.15) is 5.75 Å². The van der Waals surface area contributed by atoms with Crippen molar-refractivity contribution in [1.82, 2.24) is 0 Å². The highest BCUT2D eigenvalue weighted by molar-refractivity contribution is 7.92. The van der Waals surface area contributed by atoms with Gasteiger partial charge in [0.15, 0.2) is 9.84 Å². The van der Waals surface area contributed by atoms with Gasteiger partial charge in [-0.3, -0.25) is 4.79 Å². The Labute approximate surface area is 144 Å². The van der Waals surface area contributed by atoms with Crippen molar-refractivity contribution in [2.24, 2.45) is 5.14 Å². The normalized spacial score (nSPS) is 11.9. The molecule has 0 aliphatic carbocycles. The van der Waals surface area contributed by atoms with Crippen molar-refractivity contribution < 1.29 is 21.6 Å². The van der Waals surface area contributed by atoms with Crippen LogP contribution < -0.4 is 10.5 Å². The molecule has 1 amide bonds. The predicted molar refractivity (Wildman–Crippen MR) is 89.9 cm³/mol. The molecule has 0 aliphatic rings. The summed E-state index contributed by atoms with van der Waals surface area (Å²) >= 11 is 5.69. The SMILES string of the molecule is NS(=O)(=O)c1cccc(NC(=O)CS(=O)(=O)c2ccc(Cl)cc2)c1. The Hall–Kier alpha value is -1.94. The number of sulfone groups is 1. The molecule has 0 bridgehead atoms. The Balaban J connectivity index is 2.15. The lowest BCUT2D eigenvalue weighted by Crippen LogP contribution is -2.23. The molecule has 0 heterocycles. The lowest BCUT2D eigenvalue weighted by molar-refractivity contribution is -0.113. The van der Waals surface area contributed by atoms with Crippen molar-refractivity contribution in [1.29, 1.82) is 0 Å². The molecule has 24 heavy (non-hydrogen) atoms. The first-order valence-corrected chi connectivity index (χ1v) is 10.1. The minimum Gasteiger partial charge on any atom is -0.325 e. The van der Waals surface area contributed by atoms with E-state index in [2.05, 4.69) is 5.32 Å². The van der Waals surface area contributed by atoms with Crippen LogP contribution in [0.4, 0.5) is 5.69 Å². The highest BCUT2D eigenvalue weighted by Crippen LogP contribution is 2.17. The number of rotatable bonds is 5. The van der Waals surface area contributed by atoms with Crippen LogP contribution in [-0.2, 0) is 24.7 Å². The van der Waals surface area contributed by atoms with Gasteiger partial charge in [0.25, 0.3) is 0 Å². The van der Waals surface area contributed by atoms with Crippen LogP contribution in [0.2, 0.25) is 5.02 Å². The number of anilines is 1. The number of benzene rings is 2. The Morgan fingerprint density at radius 1 is 1.00 bits per heavy atom. The summed E-state index contributed by atoms with van der Waals surface area (Å²) < 4.78 is 46.8. The van der Waals surface area contributed by atoms with E-state index in [1.807, 2.05) is 0 Å². The molecule has 128 valence electrons. The molecule has 0 aromatic heterocycles. The van der Waals surface area contributed by atoms with Crippen LogP contribution in [0.1, 0.15) is 0 Å². The van der Waals surface area contributed by atoms with E-state index in [0.29, 0.717) is 5.02 Å². The summed E-state index contributed by atoms with van der Waals surface area (Å²) in [6.45, 7) is 0. The van der Waals surface area contributed by atoms with Crippen LogP contribution in [0.3, 0.4) is 0 Å². The number of primary sulfonamides is 1. The summed E-state index contributed by atoms with van der Waals surface area (Å²) in [5.41, 5.74) is 0.123. The highest BCUT2D eigenvalue weighted by atomic mass is 35.5. The van der Waals surface area contributed by atoms with Gasteiger partial charge >= 0.3 is 0 Å². The number of hydrogen-bond acceptors (Lipinski definition) is 5. The topological polar surface area (TPSA) is 123 Å². The maximum atomic E-state index is 12.2. The van der Waals surface area contributed by atoms with Crippen molar-refractivity contribution in [3.05, 3.63) is 53.6 Å². The molecule has 0 aliphatic heterocycles. The van der Waals surface area contributed by atoms with Gasteiger partial charge in [-0.05, 0) is 42.5 Å². The molecular formula is C14H13ClN2O5S2. The van der Waals surface area contributed by atoms with E-state index in [9.17, 15) is 21.6 Å². The van der Waals surface area contributed by atoms with E-state index in [0.717, 1.165) is 6.07 Å². The summed E-state index contributed by atoms with van der Waals surface area (Å²) in [6.07, 6.45) is 0. The Bertz CT molecular complexity index is 970. The van der Waals surface area contributed by atoms with Crippen LogP contribution in [0.5, 0.6) is 0 Å². The van der Waals surface area contributed by atoms with Crippen LogP contribution in [0.15, 0.2) is 58.3 Å². The number of hydrogen-bond donors (Lipinski definition) is 2. The minimum absolute atomic E-state index is 0.0414. The van der Waals surface area contributed by atoms with Crippen LogP contribution in [0, 0.1) is 0 Å². The maximum absolute atomic E-state index is 12.2. The number of amides is 1. The molecule has 2 aromatic carbocycles. The zero-order chi connectivity index (χ0) is 18.0. The number of nitrogens with two attached hydrogens (primary N) is 1. The van der Waals surface area contributed by atoms with Crippen LogP contribution >= 0.6 is 11.6 Å². The molecular weight excluding hydrogens is 376 g/mol. The van der Waals surface area contributed by atoms with Crippen LogP contribution in [-0.4, -0.2) is 28.5 Å². The molecule has 0 spiro atoms. The smallest absolute Gasteiger partial charge is 0.239 e. The second-order valence-electron chi connectivity index (χ2n) is 4.83. The average Bonchev–Trinajstić information content (AvgIpc) is 2.46. The first kappa shape index (κ1) is 18.4. The zero-order valence-electron chi connectivity index (χ0n) is 12.1. The van der Waals surface area contributed by atoms with Crippen molar-refractivity contribution in [3.63, 3.8) is 0 Å². The second-order valence-corrected chi connectivity index (χ2v) is 8.82. The Kier molecular flexibility index (Phi) is 5.29. The van der Waals surface area contributed by atoms with E-state index in [1.165, 1.54) is 42.5 Å².